The molecule has 4 nitrogen and oxygen atoms in total. The first-order chi connectivity index (χ1) is 16.2. The molecule has 160 valence electrons. The van der Waals surface area contributed by atoms with Crippen LogP contribution in [0.1, 0.15) is 23.5 Å². The Balaban J connectivity index is 1.39. The lowest BCUT2D eigenvalue weighted by Gasteiger charge is -2.16. The van der Waals surface area contributed by atoms with E-state index in [0.29, 0.717) is 12.2 Å². The molecule has 0 spiro atoms. The normalized spacial score (nSPS) is 16.2. The zero-order chi connectivity index (χ0) is 22.4. The first-order valence-corrected chi connectivity index (χ1v) is 11.2. The molecule has 1 saturated heterocycles. The number of para-hydroxylation sites is 1. The number of hydrogen-bond acceptors (Lipinski definition) is 2. The van der Waals surface area contributed by atoms with Gasteiger partial charge in [-0.15, -0.1) is 0 Å². The summed E-state index contributed by atoms with van der Waals surface area (Å²) in [6, 6.07) is 32.1. The molecule has 0 N–H and O–H groups in total. The van der Waals surface area contributed by atoms with E-state index in [1.807, 2.05) is 78.9 Å². The molecule has 1 aliphatic heterocycles. The van der Waals surface area contributed by atoms with Crippen molar-refractivity contribution in [1.29, 1.82) is 0 Å². The van der Waals surface area contributed by atoms with Gasteiger partial charge in [-0.05, 0) is 40.1 Å². The van der Waals surface area contributed by atoms with Gasteiger partial charge in [-0.3, -0.25) is 9.59 Å². The summed E-state index contributed by atoms with van der Waals surface area (Å²) >= 11 is 0. The average Bonchev–Trinajstić information content (AvgIpc) is 3.36. The SMILES string of the molecule is O=C1C[C@H](c2cn(Cc3ccccc3)c3ccccc23)C(=O)N1c1ccc2ccccc2c1. The van der Waals surface area contributed by atoms with Crippen molar-refractivity contribution in [2.24, 2.45) is 0 Å². The van der Waals surface area contributed by atoms with Crippen molar-refractivity contribution in [2.45, 2.75) is 18.9 Å². The maximum atomic E-state index is 13.6. The van der Waals surface area contributed by atoms with Crippen molar-refractivity contribution in [2.75, 3.05) is 4.90 Å². The van der Waals surface area contributed by atoms with E-state index in [1.165, 1.54) is 10.5 Å². The van der Waals surface area contributed by atoms with Crippen LogP contribution in [0, 0.1) is 0 Å². The summed E-state index contributed by atoms with van der Waals surface area (Å²) in [6.07, 6.45) is 2.24. The first kappa shape index (κ1) is 19.5. The number of carbonyl (C=O) groups is 2. The molecule has 2 heterocycles. The number of imide groups is 1. The zero-order valence-corrected chi connectivity index (χ0v) is 18.0. The van der Waals surface area contributed by atoms with Crippen LogP contribution < -0.4 is 4.90 Å². The fourth-order valence-corrected chi connectivity index (χ4v) is 4.93. The van der Waals surface area contributed by atoms with Gasteiger partial charge in [-0.2, -0.15) is 0 Å². The molecule has 6 rings (SSSR count). The third-order valence-electron chi connectivity index (χ3n) is 6.53. The third-order valence-corrected chi connectivity index (χ3v) is 6.53. The maximum absolute atomic E-state index is 13.6. The second-order valence-electron chi connectivity index (χ2n) is 8.57. The fraction of sp³-hybridized carbons (Fsp3) is 0.103. The number of nitrogens with zero attached hydrogens (tertiary/aromatic N) is 2. The largest absolute Gasteiger partial charge is 0.343 e. The second-order valence-corrected chi connectivity index (χ2v) is 8.57. The molecule has 1 aliphatic rings. The number of carbonyl (C=O) groups excluding carboxylic acids is 2. The highest BCUT2D eigenvalue weighted by Crippen LogP contribution is 2.38. The first-order valence-electron chi connectivity index (χ1n) is 11.2. The Morgan fingerprint density at radius 2 is 1.48 bits per heavy atom. The third kappa shape index (κ3) is 3.31. The molecular formula is C29H22N2O2. The van der Waals surface area contributed by atoms with Gasteiger partial charge >= 0.3 is 0 Å². The van der Waals surface area contributed by atoms with Crippen LogP contribution in [0.15, 0.2) is 103 Å². The molecule has 2 amide bonds. The van der Waals surface area contributed by atoms with Crippen LogP contribution in [0.5, 0.6) is 0 Å². The van der Waals surface area contributed by atoms with Gasteiger partial charge in [-0.25, -0.2) is 4.90 Å². The molecule has 1 atom stereocenters. The predicted octanol–water partition coefficient (Wildman–Crippen LogP) is 5.89. The van der Waals surface area contributed by atoms with Gasteiger partial charge in [0.1, 0.15) is 0 Å². The minimum atomic E-state index is -0.481. The Hall–Kier alpha value is -4.18. The quantitative estimate of drug-likeness (QED) is 0.334. The van der Waals surface area contributed by atoms with Gasteiger partial charge in [0, 0.05) is 30.1 Å². The molecule has 4 heteroatoms. The highest BCUT2D eigenvalue weighted by atomic mass is 16.2. The molecule has 0 aliphatic carbocycles. The van der Waals surface area contributed by atoms with Crippen LogP contribution in [0.3, 0.4) is 0 Å². The van der Waals surface area contributed by atoms with Crippen LogP contribution in [0.4, 0.5) is 5.69 Å². The number of anilines is 1. The van der Waals surface area contributed by atoms with Crippen molar-refractivity contribution in [3.63, 3.8) is 0 Å². The smallest absolute Gasteiger partial charge is 0.241 e. The molecule has 0 bridgehead atoms. The van der Waals surface area contributed by atoms with Crippen LogP contribution in [-0.2, 0) is 16.1 Å². The Labute approximate surface area is 191 Å². The van der Waals surface area contributed by atoms with E-state index in [1.54, 1.807) is 0 Å². The minimum Gasteiger partial charge on any atom is -0.343 e. The molecule has 33 heavy (non-hydrogen) atoms. The second kappa shape index (κ2) is 7.75. The Bertz CT molecular complexity index is 1520. The molecule has 0 saturated carbocycles. The number of amides is 2. The van der Waals surface area contributed by atoms with E-state index in [-0.39, 0.29) is 18.2 Å². The highest BCUT2D eigenvalue weighted by Gasteiger charge is 2.41. The summed E-state index contributed by atoms with van der Waals surface area (Å²) in [7, 11) is 0. The summed E-state index contributed by atoms with van der Waals surface area (Å²) in [5, 5.41) is 3.12. The number of aromatic nitrogens is 1. The van der Waals surface area contributed by atoms with E-state index in [2.05, 4.69) is 29.0 Å². The van der Waals surface area contributed by atoms with E-state index in [0.717, 1.165) is 27.2 Å². The van der Waals surface area contributed by atoms with Crippen molar-refractivity contribution >= 4 is 39.2 Å². The van der Waals surface area contributed by atoms with Crippen LogP contribution in [0.25, 0.3) is 21.7 Å². The van der Waals surface area contributed by atoms with Gasteiger partial charge < -0.3 is 4.57 Å². The summed E-state index contributed by atoms with van der Waals surface area (Å²) in [5.74, 6) is -0.788. The topological polar surface area (TPSA) is 42.3 Å². The Morgan fingerprint density at radius 1 is 0.758 bits per heavy atom. The van der Waals surface area contributed by atoms with Gasteiger partial charge in [0.25, 0.3) is 0 Å². The maximum Gasteiger partial charge on any atom is 0.241 e. The number of benzene rings is 4. The van der Waals surface area contributed by atoms with Crippen molar-refractivity contribution < 1.29 is 9.59 Å². The summed E-state index contributed by atoms with van der Waals surface area (Å²) in [6.45, 7) is 0.713. The number of rotatable bonds is 4. The standard InChI is InChI=1S/C29H22N2O2/c32-28-17-25(29(33)31(28)23-15-14-21-10-4-5-11-22(21)16-23)26-19-30(18-20-8-2-1-3-9-20)27-13-7-6-12-24(26)27/h1-16,19,25H,17-18H2/t25-/m1/s1. The van der Waals surface area contributed by atoms with Crippen LogP contribution in [-0.4, -0.2) is 16.4 Å². The molecule has 0 radical (unpaired) electrons. The minimum absolute atomic E-state index is 0.153. The Morgan fingerprint density at radius 3 is 2.33 bits per heavy atom. The monoisotopic (exact) mass is 430 g/mol. The lowest BCUT2D eigenvalue weighted by atomic mass is 9.97. The van der Waals surface area contributed by atoms with Crippen molar-refractivity contribution in [1.82, 2.24) is 4.57 Å². The molecule has 4 aromatic carbocycles. The molecule has 1 fully saturated rings. The lowest BCUT2D eigenvalue weighted by molar-refractivity contribution is -0.121. The van der Waals surface area contributed by atoms with E-state index >= 15 is 0 Å². The van der Waals surface area contributed by atoms with Gasteiger partial charge in [0.15, 0.2) is 0 Å². The van der Waals surface area contributed by atoms with Gasteiger partial charge in [0.05, 0.1) is 11.6 Å². The number of fused-ring (bicyclic) bond motifs is 2. The zero-order valence-electron chi connectivity index (χ0n) is 18.0. The molecule has 1 aromatic heterocycles. The highest BCUT2D eigenvalue weighted by molar-refractivity contribution is 6.23. The molecule has 0 unspecified atom stereocenters. The lowest BCUT2D eigenvalue weighted by Crippen LogP contribution is -2.29. The fourth-order valence-electron chi connectivity index (χ4n) is 4.93. The van der Waals surface area contributed by atoms with Gasteiger partial charge in [-0.1, -0.05) is 78.9 Å². The van der Waals surface area contributed by atoms with Gasteiger partial charge in [0.2, 0.25) is 11.8 Å². The Kier molecular flexibility index (Phi) is 4.58. The van der Waals surface area contributed by atoms with Crippen molar-refractivity contribution in [3.8, 4) is 0 Å². The molecular weight excluding hydrogens is 408 g/mol. The van der Waals surface area contributed by atoms with E-state index < -0.39 is 5.92 Å². The van der Waals surface area contributed by atoms with Crippen LogP contribution >= 0.6 is 0 Å². The molecule has 5 aromatic rings. The van der Waals surface area contributed by atoms with Crippen molar-refractivity contribution in [3.05, 3.63) is 114 Å². The summed E-state index contributed by atoms with van der Waals surface area (Å²) < 4.78 is 2.18. The predicted molar refractivity (Wildman–Crippen MR) is 131 cm³/mol. The van der Waals surface area contributed by atoms with E-state index in [9.17, 15) is 9.59 Å². The van der Waals surface area contributed by atoms with Crippen LogP contribution in [0.2, 0.25) is 0 Å². The average molecular weight is 431 g/mol. The van der Waals surface area contributed by atoms with E-state index in [4.69, 9.17) is 0 Å². The summed E-state index contributed by atoms with van der Waals surface area (Å²) in [5.41, 5.74) is 3.82. The summed E-state index contributed by atoms with van der Waals surface area (Å²) in [4.78, 5) is 28.0. The number of hydrogen-bond donors (Lipinski definition) is 0.